The van der Waals surface area contributed by atoms with Crippen LogP contribution in [0.1, 0.15) is 78.4 Å². The van der Waals surface area contributed by atoms with Crippen LogP contribution in [-0.4, -0.2) is 107 Å². The van der Waals surface area contributed by atoms with E-state index in [2.05, 4.69) is 49.5 Å². The molecule has 0 spiro atoms. The predicted octanol–water partition coefficient (Wildman–Crippen LogP) is 7.38. The molecule has 14 heteroatoms. The smallest absolute Gasteiger partial charge is 0.410 e. The van der Waals surface area contributed by atoms with E-state index >= 15 is 0 Å². The number of aromatic nitrogens is 2. The van der Waals surface area contributed by atoms with E-state index in [9.17, 15) is 13.2 Å². The minimum atomic E-state index is -3.55. The van der Waals surface area contributed by atoms with Crippen LogP contribution in [0.4, 0.5) is 27.9 Å². The fraction of sp³-hybridized carbons (Fsp3) is 0.564. The maximum Gasteiger partial charge on any atom is 0.410 e. The molecule has 3 fully saturated rings. The number of carbonyl (C=O) groups excluding carboxylic acids is 1. The van der Waals surface area contributed by atoms with Crippen LogP contribution in [0.2, 0.25) is 5.02 Å². The number of ether oxygens (including phenoxy) is 2. The number of nitrogens with zero attached hydrogens (tertiary/aromatic N) is 5. The van der Waals surface area contributed by atoms with Gasteiger partial charge in [-0.2, -0.15) is 4.98 Å². The van der Waals surface area contributed by atoms with Gasteiger partial charge in [0.15, 0.2) is 15.7 Å². The normalized spacial score (nSPS) is 18.2. The molecule has 3 aliphatic rings. The number of nitrogens with one attached hydrogen (secondary N) is 2. The van der Waals surface area contributed by atoms with Gasteiger partial charge in [0.05, 0.1) is 33.8 Å². The van der Waals surface area contributed by atoms with Gasteiger partial charge in [-0.3, -0.25) is 9.80 Å². The second-order valence-corrected chi connectivity index (χ2v) is 18.9. The lowest BCUT2D eigenvalue weighted by atomic mass is 9.85. The van der Waals surface area contributed by atoms with Crippen LogP contribution in [0.5, 0.6) is 5.75 Å². The van der Waals surface area contributed by atoms with Gasteiger partial charge >= 0.3 is 6.09 Å². The molecule has 3 aliphatic heterocycles. The number of aryl methyl sites for hydroxylation is 1. The number of likely N-dealkylation sites (tertiary alicyclic amines) is 3. The lowest BCUT2D eigenvalue weighted by Gasteiger charge is -2.54. The van der Waals surface area contributed by atoms with Crippen LogP contribution in [0.15, 0.2) is 47.5 Å². The van der Waals surface area contributed by atoms with E-state index in [0.29, 0.717) is 29.6 Å². The van der Waals surface area contributed by atoms with Gasteiger partial charge in [-0.25, -0.2) is 18.2 Å². The SMILES string of the molecule is Cc1cc(Nc2ncc(Cl)c(Nc3ccccc3S(=O)(=O)C(C)C)n2)c(OC(C)C)cc1C1CCN(C2CN(C3CN(C(=O)OC(C)(C)C)C3)C2)CC1. The third-order valence-electron chi connectivity index (χ3n) is 10.2. The molecule has 1 amide bonds. The molecule has 2 aromatic carbocycles. The van der Waals surface area contributed by atoms with Crippen LogP contribution < -0.4 is 15.4 Å². The summed E-state index contributed by atoms with van der Waals surface area (Å²) in [6.07, 6.45) is 3.37. The van der Waals surface area contributed by atoms with Gasteiger partial charge in [-0.05, 0) is 123 Å². The number of carbonyl (C=O) groups is 1. The zero-order valence-electron chi connectivity index (χ0n) is 32.1. The molecule has 0 bridgehead atoms. The summed E-state index contributed by atoms with van der Waals surface area (Å²) in [5.74, 6) is 1.72. The maximum absolute atomic E-state index is 13.1. The Morgan fingerprint density at radius 2 is 1.60 bits per heavy atom. The maximum atomic E-state index is 13.1. The van der Waals surface area contributed by atoms with E-state index in [1.807, 2.05) is 34.6 Å². The van der Waals surface area contributed by atoms with Gasteiger partial charge in [-0.1, -0.05) is 23.7 Å². The van der Waals surface area contributed by atoms with E-state index < -0.39 is 20.7 Å². The second-order valence-electron chi connectivity index (χ2n) is 16.1. The quantitative estimate of drug-likeness (QED) is 0.203. The topological polar surface area (TPSA) is 129 Å². The molecule has 288 valence electrons. The Morgan fingerprint density at radius 3 is 2.25 bits per heavy atom. The minimum Gasteiger partial charge on any atom is -0.489 e. The van der Waals surface area contributed by atoms with Gasteiger partial charge in [0, 0.05) is 38.3 Å². The van der Waals surface area contributed by atoms with E-state index in [-0.39, 0.29) is 27.9 Å². The molecule has 0 unspecified atom stereocenters. The molecular weight excluding hydrogens is 714 g/mol. The molecule has 0 radical (unpaired) electrons. The van der Waals surface area contributed by atoms with E-state index in [4.69, 9.17) is 21.1 Å². The van der Waals surface area contributed by atoms with E-state index in [1.165, 1.54) is 11.8 Å². The van der Waals surface area contributed by atoms with E-state index in [0.717, 1.165) is 69.1 Å². The summed E-state index contributed by atoms with van der Waals surface area (Å²) in [6, 6.07) is 12.0. The summed E-state index contributed by atoms with van der Waals surface area (Å²) in [7, 11) is -3.55. The van der Waals surface area contributed by atoms with Gasteiger partial charge in [-0.15, -0.1) is 0 Å². The summed E-state index contributed by atoms with van der Waals surface area (Å²) in [5, 5.41) is 6.13. The highest BCUT2D eigenvalue weighted by molar-refractivity contribution is 7.92. The number of piperidine rings is 1. The largest absolute Gasteiger partial charge is 0.489 e. The molecule has 3 saturated heterocycles. The first kappa shape index (κ1) is 39.1. The zero-order valence-corrected chi connectivity index (χ0v) is 33.7. The van der Waals surface area contributed by atoms with Crippen molar-refractivity contribution < 1.29 is 22.7 Å². The first-order chi connectivity index (χ1) is 25.0. The molecule has 4 heterocycles. The molecular formula is C39H54ClN7O5S. The molecule has 2 N–H and O–H groups in total. The lowest BCUT2D eigenvalue weighted by Crippen LogP contribution is -2.70. The first-order valence-electron chi connectivity index (χ1n) is 18.6. The number of anilines is 4. The Labute approximate surface area is 319 Å². The Bertz CT molecular complexity index is 1900. The van der Waals surface area contributed by atoms with Crippen LogP contribution in [0, 0.1) is 6.92 Å². The van der Waals surface area contributed by atoms with Crippen molar-refractivity contribution in [1.29, 1.82) is 0 Å². The number of para-hydroxylation sites is 1. The van der Waals surface area contributed by atoms with Crippen LogP contribution >= 0.6 is 11.6 Å². The van der Waals surface area contributed by atoms with Crippen molar-refractivity contribution in [3.8, 4) is 5.75 Å². The highest BCUT2D eigenvalue weighted by Crippen LogP contribution is 2.39. The molecule has 12 nitrogen and oxygen atoms in total. The molecule has 0 aliphatic carbocycles. The first-order valence-corrected chi connectivity index (χ1v) is 20.6. The Kier molecular flexibility index (Phi) is 11.5. The fourth-order valence-corrected chi connectivity index (χ4v) is 8.52. The average Bonchev–Trinajstić information content (AvgIpc) is 3.03. The summed E-state index contributed by atoms with van der Waals surface area (Å²) in [5.41, 5.74) is 3.12. The Morgan fingerprint density at radius 1 is 0.943 bits per heavy atom. The molecule has 1 aromatic heterocycles. The molecule has 6 rings (SSSR count). The number of halogens is 1. The van der Waals surface area contributed by atoms with Gasteiger partial charge in [0.1, 0.15) is 16.4 Å². The summed E-state index contributed by atoms with van der Waals surface area (Å²) in [6.45, 7) is 20.9. The van der Waals surface area contributed by atoms with Gasteiger partial charge in [0.2, 0.25) is 5.95 Å². The highest BCUT2D eigenvalue weighted by atomic mass is 35.5. The van der Waals surface area contributed by atoms with Crippen LogP contribution in [-0.2, 0) is 14.6 Å². The van der Waals surface area contributed by atoms with Crippen molar-refractivity contribution in [3.63, 3.8) is 0 Å². The molecule has 3 aromatic rings. The van der Waals surface area contributed by atoms with Crippen molar-refractivity contribution in [3.05, 3.63) is 58.7 Å². The number of benzene rings is 2. The predicted molar refractivity (Wildman–Crippen MR) is 210 cm³/mol. The van der Waals surface area contributed by atoms with Crippen molar-refractivity contribution in [2.45, 2.75) is 108 Å². The Hall–Kier alpha value is -3.65. The second kappa shape index (κ2) is 15.6. The number of sulfone groups is 1. The van der Waals surface area contributed by atoms with Gasteiger partial charge in [0.25, 0.3) is 0 Å². The van der Waals surface area contributed by atoms with E-state index in [1.54, 1.807) is 43.0 Å². The third-order valence-corrected chi connectivity index (χ3v) is 12.7. The summed E-state index contributed by atoms with van der Waals surface area (Å²) < 4.78 is 38.0. The van der Waals surface area contributed by atoms with Crippen LogP contribution in [0.3, 0.4) is 0 Å². The van der Waals surface area contributed by atoms with Gasteiger partial charge < -0.3 is 25.0 Å². The zero-order chi connectivity index (χ0) is 38.2. The van der Waals surface area contributed by atoms with Crippen LogP contribution in [0.25, 0.3) is 0 Å². The number of hydrogen-bond donors (Lipinski definition) is 2. The standard InChI is InChI=1S/C39H54ClN7O5S/c1-24(2)51-34-18-30(27-13-15-45(16-14-27)28-20-46(21-28)29-22-47(23-29)38(48)52-39(6,7)8)26(5)17-33(34)43-37-41-19-31(40)36(44-37)42-32-11-9-10-12-35(32)53(49,50)25(3)4/h9-12,17-19,24-25,27-29H,13-16,20-23H2,1-8H3,(H2,41,42,43,44). The lowest BCUT2D eigenvalue weighted by molar-refractivity contribution is -0.0612. The number of amides is 1. The minimum absolute atomic E-state index is 0.0517. The van der Waals surface area contributed by atoms with Crippen molar-refractivity contribution >= 4 is 50.7 Å². The highest BCUT2D eigenvalue weighted by Gasteiger charge is 2.44. The molecule has 0 saturated carbocycles. The molecule has 53 heavy (non-hydrogen) atoms. The third kappa shape index (κ3) is 9.01. The van der Waals surface area contributed by atoms with Crippen molar-refractivity contribution in [1.82, 2.24) is 24.7 Å². The van der Waals surface area contributed by atoms with Crippen molar-refractivity contribution in [2.24, 2.45) is 0 Å². The summed E-state index contributed by atoms with van der Waals surface area (Å²) >= 11 is 6.50. The number of rotatable bonds is 11. The average molecular weight is 768 g/mol. The Balaban J connectivity index is 1.09. The number of hydrogen-bond acceptors (Lipinski definition) is 11. The van der Waals surface area contributed by atoms with Crippen molar-refractivity contribution in [2.75, 3.05) is 49.9 Å². The fourth-order valence-electron chi connectivity index (χ4n) is 7.18. The molecule has 0 atom stereocenters. The summed E-state index contributed by atoms with van der Waals surface area (Å²) in [4.78, 5) is 28.5. The monoisotopic (exact) mass is 767 g/mol.